The third kappa shape index (κ3) is 2.61. The van der Waals surface area contributed by atoms with E-state index in [9.17, 15) is 13.2 Å². The van der Waals surface area contributed by atoms with Crippen molar-refractivity contribution < 1.29 is 13.2 Å². The fraction of sp³-hybridized carbons (Fsp3) is 0.500. The minimum atomic E-state index is -1.27. The van der Waals surface area contributed by atoms with Crippen LogP contribution in [0.2, 0.25) is 0 Å². The second-order valence-corrected chi connectivity index (χ2v) is 4.85. The molecule has 1 aliphatic rings. The first-order chi connectivity index (χ1) is 7.66. The van der Waals surface area contributed by atoms with Gasteiger partial charge in [0.15, 0.2) is 17.5 Å². The number of rotatable bonds is 2. The molecular formula is C10H11F3N2S. The average molecular weight is 248 g/mol. The summed E-state index contributed by atoms with van der Waals surface area (Å²) in [6, 6.07) is 0.607. The van der Waals surface area contributed by atoms with Gasteiger partial charge in [-0.1, -0.05) is 0 Å². The molecule has 6 heteroatoms. The first-order valence-electron chi connectivity index (χ1n) is 5.02. The average Bonchev–Trinajstić information content (AvgIpc) is 2.27. The number of hydrogen-bond acceptors (Lipinski definition) is 3. The van der Waals surface area contributed by atoms with Gasteiger partial charge in [-0.2, -0.15) is 21.1 Å². The Labute approximate surface area is 95.6 Å². The third-order valence-electron chi connectivity index (χ3n) is 2.45. The smallest absolute Gasteiger partial charge is 0.251 e. The second kappa shape index (κ2) is 4.95. The van der Waals surface area contributed by atoms with Crippen LogP contribution in [0.25, 0.3) is 0 Å². The normalized spacial score (nSPS) is 17.4. The zero-order valence-electron chi connectivity index (χ0n) is 8.47. The molecule has 0 spiro atoms. The van der Waals surface area contributed by atoms with Crippen LogP contribution in [0.3, 0.4) is 0 Å². The summed E-state index contributed by atoms with van der Waals surface area (Å²) in [6.45, 7) is 0. The quantitative estimate of drug-likeness (QED) is 0.815. The Morgan fingerprint density at radius 2 is 1.88 bits per heavy atom. The highest BCUT2D eigenvalue weighted by Crippen LogP contribution is 2.22. The Kier molecular flexibility index (Phi) is 3.58. The van der Waals surface area contributed by atoms with Crippen molar-refractivity contribution >= 4 is 17.6 Å². The van der Waals surface area contributed by atoms with E-state index in [2.05, 4.69) is 10.3 Å². The van der Waals surface area contributed by atoms with Crippen LogP contribution in [0, 0.1) is 17.6 Å². The zero-order chi connectivity index (χ0) is 11.5. The van der Waals surface area contributed by atoms with Crippen molar-refractivity contribution in [3.63, 3.8) is 0 Å². The van der Waals surface area contributed by atoms with Gasteiger partial charge in [0.1, 0.15) is 0 Å². The maximum atomic E-state index is 13.2. The van der Waals surface area contributed by atoms with E-state index in [1.807, 2.05) is 11.8 Å². The van der Waals surface area contributed by atoms with Crippen LogP contribution in [0.4, 0.5) is 19.0 Å². The molecule has 0 radical (unpaired) electrons. The van der Waals surface area contributed by atoms with Gasteiger partial charge in [0, 0.05) is 12.1 Å². The monoisotopic (exact) mass is 248 g/mol. The molecule has 2 rings (SSSR count). The third-order valence-corrected chi connectivity index (χ3v) is 3.50. The SMILES string of the molecule is Fc1cc(F)c(NC2CCSCC2)nc1F. The van der Waals surface area contributed by atoms with Crippen molar-refractivity contribution in [2.45, 2.75) is 18.9 Å². The van der Waals surface area contributed by atoms with E-state index < -0.39 is 17.6 Å². The van der Waals surface area contributed by atoms with E-state index in [1.54, 1.807) is 0 Å². The summed E-state index contributed by atoms with van der Waals surface area (Å²) >= 11 is 1.83. The summed E-state index contributed by atoms with van der Waals surface area (Å²) in [6.07, 6.45) is 1.76. The maximum absolute atomic E-state index is 13.2. The highest BCUT2D eigenvalue weighted by Gasteiger charge is 2.17. The van der Waals surface area contributed by atoms with Gasteiger partial charge in [0.05, 0.1) is 0 Å². The van der Waals surface area contributed by atoms with Crippen molar-refractivity contribution in [2.24, 2.45) is 0 Å². The zero-order valence-corrected chi connectivity index (χ0v) is 9.29. The minimum Gasteiger partial charge on any atom is -0.365 e. The second-order valence-electron chi connectivity index (χ2n) is 3.62. The van der Waals surface area contributed by atoms with Crippen LogP contribution < -0.4 is 5.32 Å². The molecule has 2 nitrogen and oxygen atoms in total. The Morgan fingerprint density at radius 1 is 1.19 bits per heavy atom. The molecule has 0 amide bonds. The van der Waals surface area contributed by atoms with Crippen molar-refractivity contribution in [2.75, 3.05) is 16.8 Å². The van der Waals surface area contributed by atoms with Crippen LogP contribution >= 0.6 is 11.8 Å². The lowest BCUT2D eigenvalue weighted by atomic mass is 10.1. The van der Waals surface area contributed by atoms with Crippen LogP contribution in [0.15, 0.2) is 6.07 Å². The van der Waals surface area contributed by atoms with Gasteiger partial charge >= 0.3 is 0 Å². The van der Waals surface area contributed by atoms with Gasteiger partial charge in [-0.15, -0.1) is 0 Å². The largest absolute Gasteiger partial charge is 0.365 e. The molecule has 0 bridgehead atoms. The lowest BCUT2D eigenvalue weighted by Crippen LogP contribution is -2.25. The molecule has 1 fully saturated rings. The molecule has 0 unspecified atom stereocenters. The molecule has 0 aromatic carbocycles. The summed E-state index contributed by atoms with van der Waals surface area (Å²) in [4.78, 5) is 3.23. The van der Waals surface area contributed by atoms with Crippen LogP contribution in [-0.4, -0.2) is 22.5 Å². The molecule has 1 saturated heterocycles. The van der Waals surface area contributed by atoms with E-state index in [4.69, 9.17) is 0 Å². The molecule has 0 saturated carbocycles. The molecule has 88 valence electrons. The van der Waals surface area contributed by atoms with E-state index in [-0.39, 0.29) is 11.9 Å². The molecule has 1 N–H and O–H groups in total. The summed E-state index contributed by atoms with van der Waals surface area (Å²) in [7, 11) is 0. The van der Waals surface area contributed by atoms with Crippen molar-refractivity contribution in [1.82, 2.24) is 4.98 Å². The van der Waals surface area contributed by atoms with Crippen molar-refractivity contribution in [1.29, 1.82) is 0 Å². The van der Waals surface area contributed by atoms with Gasteiger partial charge in [-0.3, -0.25) is 0 Å². The lowest BCUT2D eigenvalue weighted by molar-refractivity contribution is 0.465. The van der Waals surface area contributed by atoms with Gasteiger partial charge in [-0.05, 0) is 24.3 Å². The highest BCUT2D eigenvalue weighted by molar-refractivity contribution is 7.99. The number of nitrogens with zero attached hydrogens (tertiary/aromatic N) is 1. The number of anilines is 1. The molecule has 1 aromatic heterocycles. The van der Waals surface area contributed by atoms with Crippen LogP contribution in [0.5, 0.6) is 0 Å². The molecule has 0 aliphatic carbocycles. The van der Waals surface area contributed by atoms with E-state index in [1.165, 1.54) is 0 Å². The minimum absolute atomic E-state index is 0.0908. The Morgan fingerprint density at radius 3 is 2.56 bits per heavy atom. The lowest BCUT2D eigenvalue weighted by Gasteiger charge is -2.23. The number of halogens is 3. The first-order valence-corrected chi connectivity index (χ1v) is 6.18. The molecule has 0 atom stereocenters. The maximum Gasteiger partial charge on any atom is 0.251 e. The summed E-state index contributed by atoms with van der Waals surface area (Å²) in [5.41, 5.74) is 0. The Bertz CT molecular complexity index is 381. The van der Waals surface area contributed by atoms with Crippen molar-refractivity contribution in [3.8, 4) is 0 Å². The molecule has 2 heterocycles. The van der Waals surface area contributed by atoms with Crippen LogP contribution in [0.1, 0.15) is 12.8 Å². The standard InChI is InChI=1S/C10H11F3N2S/c11-7-5-8(12)10(15-9(7)13)14-6-1-3-16-4-2-6/h5-6H,1-4H2,(H,14,15). The summed E-state index contributed by atoms with van der Waals surface area (Å²) in [5, 5.41) is 2.81. The Balaban J connectivity index is 2.11. The number of nitrogens with one attached hydrogen (secondary N) is 1. The molecular weight excluding hydrogens is 237 g/mol. The van der Waals surface area contributed by atoms with E-state index in [0.29, 0.717) is 6.07 Å². The predicted molar refractivity (Wildman–Crippen MR) is 58.1 cm³/mol. The van der Waals surface area contributed by atoms with Crippen LogP contribution in [-0.2, 0) is 0 Å². The predicted octanol–water partition coefficient (Wildman–Crippen LogP) is 2.81. The topological polar surface area (TPSA) is 24.9 Å². The molecule has 1 aliphatic heterocycles. The van der Waals surface area contributed by atoms with E-state index >= 15 is 0 Å². The molecule has 16 heavy (non-hydrogen) atoms. The van der Waals surface area contributed by atoms with Gasteiger partial charge < -0.3 is 5.32 Å². The van der Waals surface area contributed by atoms with Gasteiger partial charge in [0.25, 0.3) is 5.95 Å². The number of hydrogen-bond donors (Lipinski definition) is 1. The summed E-state index contributed by atoms with van der Waals surface area (Å²) in [5.74, 6) is -1.60. The molecule has 1 aromatic rings. The summed E-state index contributed by atoms with van der Waals surface area (Å²) < 4.78 is 38.7. The highest BCUT2D eigenvalue weighted by atomic mass is 32.2. The van der Waals surface area contributed by atoms with Gasteiger partial charge in [-0.25, -0.2) is 8.78 Å². The first kappa shape index (κ1) is 11.6. The fourth-order valence-corrected chi connectivity index (χ4v) is 2.69. The van der Waals surface area contributed by atoms with E-state index in [0.717, 1.165) is 24.3 Å². The number of thioether (sulfide) groups is 1. The van der Waals surface area contributed by atoms with Gasteiger partial charge in [0.2, 0.25) is 0 Å². The fourth-order valence-electron chi connectivity index (χ4n) is 1.58. The number of pyridine rings is 1. The Hall–Kier alpha value is -0.910. The number of aromatic nitrogens is 1. The van der Waals surface area contributed by atoms with Crippen molar-refractivity contribution in [3.05, 3.63) is 23.6 Å².